The number of Topliss-reactive ketones (excluding diaryl/α,β-unsaturated/α-hetero) is 1. The zero-order valence-electron chi connectivity index (χ0n) is 11.9. The van der Waals surface area contributed by atoms with Crippen molar-refractivity contribution in [2.24, 2.45) is 0 Å². The van der Waals surface area contributed by atoms with Gasteiger partial charge in [-0.15, -0.1) is 0 Å². The van der Waals surface area contributed by atoms with Crippen LogP contribution < -0.4 is 0 Å². The van der Waals surface area contributed by atoms with E-state index in [0.717, 1.165) is 35.1 Å². The Balaban J connectivity index is 1.86. The highest BCUT2D eigenvalue weighted by molar-refractivity contribution is 6.31. The minimum absolute atomic E-state index is 0.111. The van der Waals surface area contributed by atoms with Crippen LogP contribution in [0.1, 0.15) is 24.0 Å². The van der Waals surface area contributed by atoms with Crippen LogP contribution in [0.2, 0.25) is 10.0 Å². The number of ketones is 1. The van der Waals surface area contributed by atoms with E-state index in [9.17, 15) is 4.79 Å². The minimum Gasteiger partial charge on any atom is -0.289 e. The van der Waals surface area contributed by atoms with Gasteiger partial charge in [0.05, 0.1) is 0 Å². The molecule has 0 N–H and O–H groups in total. The van der Waals surface area contributed by atoms with Crippen LogP contribution >= 0.6 is 23.2 Å². The second kappa shape index (κ2) is 6.51. The van der Waals surface area contributed by atoms with Crippen LogP contribution in [0, 0.1) is 0 Å². The van der Waals surface area contributed by atoms with Crippen LogP contribution in [0.15, 0.2) is 59.7 Å². The molecule has 0 amide bonds. The third kappa shape index (κ3) is 3.49. The summed E-state index contributed by atoms with van der Waals surface area (Å²) in [6, 6.07) is 15.0. The summed E-state index contributed by atoms with van der Waals surface area (Å²) in [5, 5.41) is 1.35. The van der Waals surface area contributed by atoms with Gasteiger partial charge in [-0.1, -0.05) is 47.5 Å². The Kier molecular flexibility index (Phi) is 4.47. The van der Waals surface area contributed by atoms with Crippen molar-refractivity contribution in [2.75, 3.05) is 0 Å². The number of halogens is 2. The van der Waals surface area contributed by atoms with E-state index in [1.54, 1.807) is 0 Å². The van der Waals surface area contributed by atoms with Crippen molar-refractivity contribution in [1.29, 1.82) is 0 Å². The first-order valence-corrected chi connectivity index (χ1v) is 7.84. The molecule has 0 bridgehead atoms. The molecule has 2 aromatic rings. The van der Waals surface area contributed by atoms with Crippen LogP contribution in [-0.4, -0.2) is 5.78 Å². The summed E-state index contributed by atoms with van der Waals surface area (Å²) in [4.78, 5) is 12.5. The maximum atomic E-state index is 12.5. The van der Waals surface area contributed by atoms with Gasteiger partial charge in [0.2, 0.25) is 0 Å². The summed E-state index contributed by atoms with van der Waals surface area (Å²) in [7, 11) is 0. The molecule has 3 heteroatoms. The van der Waals surface area contributed by atoms with E-state index in [2.05, 4.69) is 0 Å². The van der Waals surface area contributed by atoms with E-state index in [4.69, 9.17) is 23.2 Å². The number of carbonyl (C=O) groups is 1. The van der Waals surface area contributed by atoms with Crippen molar-refractivity contribution >= 4 is 41.1 Å². The summed E-state index contributed by atoms with van der Waals surface area (Å²) < 4.78 is 0. The fraction of sp³-hybridized carbons (Fsp3) is 0.105. The highest BCUT2D eigenvalue weighted by Gasteiger charge is 2.22. The molecule has 0 spiro atoms. The number of benzene rings is 2. The Morgan fingerprint density at radius 1 is 0.773 bits per heavy atom. The quantitative estimate of drug-likeness (QED) is 0.634. The number of carbonyl (C=O) groups excluding carboxylic acids is 1. The molecule has 0 saturated heterocycles. The largest absolute Gasteiger partial charge is 0.289 e. The van der Waals surface area contributed by atoms with E-state index in [-0.39, 0.29) is 5.78 Å². The average Bonchev–Trinajstić information content (AvgIpc) is 2.80. The third-order valence-corrected chi connectivity index (χ3v) is 4.10. The molecular weight excluding hydrogens is 315 g/mol. The third-order valence-electron chi connectivity index (χ3n) is 3.63. The molecule has 0 aliphatic heterocycles. The van der Waals surface area contributed by atoms with Gasteiger partial charge in [0.15, 0.2) is 5.78 Å². The number of hydrogen-bond acceptors (Lipinski definition) is 1. The van der Waals surface area contributed by atoms with Crippen LogP contribution in [0.25, 0.3) is 12.2 Å². The Hall–Kier alpha value is -1.83. The molecule has 0 aromatic heterocycles. The molecule has 1 saturated carbocycles. The first kappa shape index (κ1) is 15.1. The lowest BCUT2D eigenvalue weighted by molar-refractivity contribution is -0.111. The Morgan fingerprint density at radius 3 is 1.64 bits per heavy atom. The predicted molar refractivity (Wildman–Crippen MR) is 93.1 cm³/mol. The molecule has 110 valence electrons. The number of hydrogen-bond donors (Lipinski definition) is 0. The fourth-order valence-electron chi connectivity index (χ4n) is 2.57. The molecule has 22 heavy (non-hydrogen) atoms. The summed E-state index contributed by atoms with van der Waals surface area (Å²) in [5.41, 5.74) is 3.57. The van der Waals surface area contributed by atoms with Gasteiger partial charge in [-0.25, -0.2) is 0 Å². The fourth-order valence-corrected chi connectivity index (χ4v) is 2.97. The van der Waals surface area contributed by atoms with Crippen LogP contribution in [-0.2, 0) is 4.79 Å². The second-order valence-corrected chi connectivity index (χ2v) is 6.15. The first-order chi connectivity index (χ1) is 10.6. The van der Waals surface area contributed by atoms with E-state index in [1.165, 1.54) is 0 Å². The first-order valence-electron chi connectivity index (χ1n) is 7.09. The summed E-state index contributed by atoms with van der Waals surface area (Å²) in [5.74, 6) is 0.111. The molecule has 0 atom stereocenters. The van der Waals surface area contributed by atoms with Gasteiger partial charge in [0.1, 0.15) is 0 Å². The van der Waals surface area contributed by atoms with Gasteiger partial charge < -0.3 is 0 Å². The maximum absolute atomic E-state index is 12.5. The average molecular weight is 329 g/mol. The maximum Gasteiger partial charge on any atom is 0.185 e. The van der Waals surface area contributed by atoms with Gasteiger partial charge in [-0.3, -0.25) is 4.79 Å². The number of allylic oxidation sites excluding steroid dienone is 2. The summed E-state index contributed by atoms with van der Waals surface area (Å²) in [6.07, 6.45) is 5.37. The van der Waals surface area contributed by atoms with Crippen molar-refractivity contribution < 1.29 is 4.79 Å². The second-order valence-electron chi connectivity index (χ2n) is 5.28. The number of rotatable bonds is 2. The van der Waals surface area contributed by atoms with Gasteiger partial charge in [-0.2, -0.15) is 0 Å². The lowest BCUT2D eigenvalue weighted by Gasteiger charge is -1.99. The van der Waals surface area contributed by atoms with Gasteiger partial charge in [0, 0.05) is 21.2 Å². The normalized spacial score (nSPS) is 18.4. The Labute approximate surface area is 139 Å². The zero-order chi connectivity index (χ0) is 15.5. The van der Waals surface area contributed by atoms with E-state index in [0.29, 0.717) is 10.0 Å². The molecular formula is C19H14Cl2O. The Bertz CT molecular complexity index is 722. The van der Waals surface area contributed by atoms with Gasteiger partial charge in [-0.05, 0) is 60.4 Å². The molecule has 3 rings (SSSR count). The standard InChI is InChI=1S/C19H14Cl2O/c20-17-5-1-3-13(11-17)9-15-7-8-16(19(15)22)10-14-4-2-6-18(21)12-14/h1-6,9-12H,7-8H2. The molecule has 0 heterocycles. The molecule has 1 nitrogen and oxygen atoms in total. The predicted octanol–water partition coefficient (Wildman–Crippen LogP) is 5.82. The lowest BCUT2D eigenvalue weighted by atomic mass is 10.1. The summed E-state index contributed by atoms with van der Waals surface area (Å²) in [6.45, 7) is 0. The van der Waals surface area contributed by atoms with E-state index in [1.807, 2.05) is 60.7 Å². The molecule has 1 aliphatic rings. The summed E-state index contributed by atoms with van der Waals surface area (Å²) >= 11 is 12.0. The van der Waals surface area contributed by atoms with Crippen LogP contribution in [0.4, 0.5) is 0 Å². The minimum atomic E-state index is 0.111. The molecule has 1 aliphatic carbocycles. The van der Waals surface area contributed by atoms with Gasteiger partial charge >= 0.3 is 0 Å². The topological polar surface area (TPSA) is 17.1 Å². The molecule has 1 fully saturated rings. The van der Waals surface area contributed by atoms with E-state index < -0.39 is 0 Å². The van der Waals surface area contributed by atoms with Crippen molar-refractivity contribution in [1.82, 2.24) is 0 Å². The highest BCUT2D eigenvalue weighted by atomic mass is 35.5. The highest BCUT2D eigenvalue weighted by Crippen LogP contribution is 2.30. The van der Waals surface area contributed by atoms with Crippen molar-refractivity contribution in [3.05, 3.63) is 80.8 Å². The van der Waals surface area contributed by atoms with Crippen molar-refractivity contribution in [2.45, 2.75) is 12.8 Å². The monoisotopic (exact) mass is 328 g/mol. The van der Waals surface area contributed by atoms with Gasteiger partial charge in [0.25, 0.3) is 0 Å². The SMILES string of the molecule is O=C1C(=Cc2cccc(Cl)c2)CCC1=Cc1cccc(Cl)c1. The van der Waals surface area contributed by atoms with Crippen molar-refractivity contribution in [3.8, 4) is 0 Å². The Morgan fingerprint density at radius 2 is 1.23 bits per heavy atom. The molecule has 0 radical (unpaired) electrons. The van der Waals surface area contributed by atoms with E-state index >= 15 is 0 Å². The lowest BCUT2D eigenvalue weighted by Crippen LogP contribution is -1.95. The zero-order valence-corrected chi connectivity index (χ0v) is 13.4. The smallest absolute Gasteiger partial charge is 0.185 e. The molecule has 0 unspecified atom stereocenters. The van der Waals surface area contributed by atoms with Crippen LogP contribution in [0.5, 0.6) is 0 Å². The molecule has 2 aromatic carbocycles. The van der Waals surface area contributed by atoms with Crippen LogP contribution in [0.3, 0.4) is 0 Å². The van der Waals surface area contributed by atoms with Crippen molar-refractivity contribution in [3.63, 3.8) is 0 Å².